The van der Waals surface area contributed by atoms with E-state index in [9.17, 15) is 18.6 Å². The fraction of sp³-hybridized carbons (Fsp3) is 1.00. The topological polar surface area (TPSA) is 178 Å². The molecular formula is C10H23O12P3. The highest BCUT2D eigenvalue weighted by Crippen LogP contribution is 2.66. The van der Waals surface area contributed by atoms with Crippen molar-refractivity contribution in [3.05, 3.63) is 0 Å². The second-order valence-corrected chi connectivity index (χ2v) is 9.92. The molecule has 1 aliphatic rings. The first-order chi connectivity index (χ1) is 11.3. The van der Waals surface area contributed by atoms with E-state index >= 15 is 0 Å². The maximum absolute atomic E-state index is 11.7. The van der Waals surface area contributed by atoms with Crippen LogP contribution in [0.4, 0.5) is 0 Å². The summed E-state index contributed by atoms with van der Waals surface area (Å²) in [6, 6.07) is 0. The molecule has 0 saturated carbocycles. The normalized spacial score (nSPS) is 30.6. The van der Waals surface area contributed by atoms with Gasteiger partial charge in [0.25, 0.3) is 0 Å². The summed E-state index contributed by atoms with van der Waals surface area (Å²) in [6.07, 6.45) is 0.0872. The maximum atomic E-state index is 11.7. The van der Waals surface area contributed by atoms with E-state index in [-0.39, 0.29) is 12.0 Å². The fourth-order valence-electron chi connectivity index (χ4n) is 2.24. The number of ether oxygens (including phenoxy) is 2. The molecule has 0 amide bonds. The summed E-state index contributed by atoms with van der Waals surface area (Å²) >= 11 is 0. The van der Waals surface area contributed by atoms with Gasteiger partial charge in [0, 0.05) is 13.5 Å². The van der Waals surface area contributed by atoms with Gasteiger partial charge in [0.05, 0.1) is 18.8 Å². The van der Waals surface area contributed by atoms with Crippen LogP contribution in [0.2, 0.25) is 0 Å². The number of hydrogen-bond acceptors (Lipinski definition) is 8. The van der Waals surface area contributed by atoms with Gasteiger partial charge < -0.3 is 29.0 Å². The predicted octanol–water partition coefficient (Wildman–Crippen LogP) is 1.55. The number of hydrogen-bond donors (Lipinski definition) is 4. The molecule has 15 heteroatoms. The van der Waals surface area contributed by atoms with Crippen molar-refractivity contribution < 1.29 is 55.9 Å². The van der Waals surface area contributed by atoms with Gasteiger partial charge in [0.1, 0.15) is 6.10 Å². The van der Waals surface area contributed by atoms with Crippen molar-refractivity contribution in [2.24, 2.45) is 5.92 Å². The van der Waals surface area contributed by atoms with Crippen LogP contribution in [-0.2, 0) is 36.3 Å². The lowest BCUT2D eigenvalue weighted by Crippen LogP contribution is -2.28. The Morgan fingerprint density at radius 3 is 2.20 bits per heavy atom. The summed E-state index contributed by atoms with van der Waals surface area (Å²) < 4.78 is 56.2. The molecule has 4 N–H and O–H groups in total. The number of phosphoric ester groups is 1. The largest absolute Gasteiger partial charge is 0.490 e. The van der Waals surface area contributed by atoms with Gasteiger partial charge >= 0.3 is 23.5 Å². The number of phosphoric acid groups is 3. The Balaban J connectivity index is 2.64. The molecule has 1 fully saturated rings. The highest BCUT2D eigenvalue weighted by Gasteiger charge is 2.43. The Morgan fingerprint density at radius 1 is 1.12 bits per heavy atom. The summed E-state index contributed by atoms with van der Waals surface area (Å²) in [5, 5.41) is 0. The lowest BCUT2D eigenvalue weighted by Gasteiger charge is -2.21. The van der Waals surface area contributed by atoms with E-state index in [1.165, 1.54) is 7.11 Å². The van der Waals surface area contributed by atoms with Crippen molar-refractivity contribution in [2.75, 3.05) is 13.7 Å². The molecule has 1 saturated heterocycles. The van der Waals surface area contributed by atoms with E-state index in [1.54, 1.807) is 0 Å². The molecule has 0 bridgehead atoms. The molecule has 1 aliphatic heterocycles. The van der Waals surface area contributed by atoms with Crippen LogP contribution in [-0.4, -0.2) is 51.6 Å². The van der Waals surface area contributed by atoms with Crippen molar-refractivity contribution in [3.63, 3.8) is 0 Å². The van der Waals surface area contributed by atoms with Crippen LogP contribution in [0, 0.1) is 5.92 Å². The molecule has 1 heterocycles. The second kappa shape index (κ2) is 9.01. The maximum Gasteiger partial charge on any atom is 0.490 e. The van der Waals surface area contributed by atoms with Crippen molar-refractivity contribution in [2.45, 2.75) is 45.0 Å². The minimum absolute atomic E-state index is 0.149. The molecule has 6 unspecified atom stereocenters. The van der Waals surface area contributed by atoms with Gasteiger partial charge in [-0.3, -0.25) is 4.52 Å². The highest BCUT2D eigenvalue weighted by atomic mass is 31.3. The Morgan fingerprint density at radius 2 is 1.72 bits per heavy atom. The Hall–Kier alpha value is 0.330. The molecule has 0 aromatic carbocycles. The van der Waals surface area contributed by atoms with Crippen LogP contribution in [0.15, 0.2) is 0 Å². The molecule has 0 aromatic heterocycles. The monoisotopic (exact) mass is 428 g/mol. The highest BCUT2D eigenvalue weighted by molar-refractivity contribution is 7.66. The third-order valence-electron chi connectivity index (χ3n) is 3.63. The van der Waals surface area contributed by atoms with E-state index in [1.807, 2.05) is 13.8 Å². The quantitative estimate of drug-likeness (QED) is 0.370. The molecule has 150 valence electrons. The molecule has 1 rings (SSSR count). The first kappa shape index (κ1) is 23.4. The Labute approximate surface area is 144 Å². The summed E-state index contributed by atoms with van der Waals surface area (Å²) in [6.45, 7) is 3.45. The van der Waals surface area contributed by atoms with E-state index in [2.05, 4.69) is 13.1 Å². The zero-order valence-corrected chi connectivity index (χ0v) is 16.5. The molecule has 12 nitrogen and oxygen atoms in total. The Kier molecular flexibility index (Phi) is 8.43. The fourth-order valence-corrected chi connectivity index (χ4v) is 5.27. The van der Waals surface area contributed by atoms with Gasteiger partial charge in [-0.1, -0.05) is 20.3 Å². The summed E-state index contributed by atoms with van der Waals surface area (Å²) in [4.78, 5) is 35.4. The average molecular weight is 428 g/mol. The van der Waals surface area contributed by atoms with Crippen LogP contribution >= 0.6 is 23.5 Å². The summed E-state index contributed by atoms with van der Waals surface area (Å²) in [5.41, 5.74) is 0. The van der Waals surface area contributed by atoms with Gasteiger partial charge in [-0.15, -0.1) is 0 Å². The lowest BCUT2D eigenvalue weighted by molar-refractivity contribution is -0.0442. The molecule has 25 heavy (non-hydrogen) atoms. The minimum atomic E-state index is -5.52. The van der Waals surface area contributed by atoms with E-state index in [0.717, 1.165) is 6.42 Å². The van der Waals surface area contributed by atoms with Gasteiger partial charge in [-0.25, -0.2) is 13.7 Å². The van der Waals surface area contributed by atoms with E-state index in [4.69, 9.17) is 24.2 Å². The van der Waals surface area contributed by atoms with Crippen molar-refractivity contribution in [3.8, 4) is 0 Å². The van der Waals surface area contributed by atoms with E-state index < -0.39 is 42.3 Å². The molecule has 0 aliphatic carbocycles. The van der Waals surface area contributed by atoms with Gasteiger partial charge in [0.15, 0.2) is 0 Å². The van der Waals surface area contributed by atoms with Crippen molar-refractivity contribution in [1.29, 1.82) is 0 Å². The standard InChI is InChI=1S/C10H23O12P3/c1-4-7(2)8-5-9(18-3)10(20-8)6-19-24(14,15)22-25(16,17)21-23(11,12)13/h7-10H,4-6H2,1-3H3,(H,14,15)(H,16,17)(H2,11,12,13). The molecule has 0 aromatic rings. The van der Waals surface area contributed by atoms with Crippen LogP contribution < -0.4 is 0 Å². The third kappa shape index (κ3) is 8.26. The summed E-state index contributed by atoms with van der Waals surface area (Å²) in [5.74, 6) is 0.217. The molecule has 0 spiro atoms. The Bertz CT molecular complexity index is 575. The first-order valence-electron chi connectivity index (χ1n) is 7.25. The zero-order chi connectivity index (χ0) is 19.5. The van der Waals surface area contributed by atoms with Gasteiger partial charge in [0.2, 0.25) is 0 Å². The van der Waals surface area contributed by atoms with Crippen LogP contribution in [0.1, 0.15) is 26.7 Å². The second-order valence-electron chi connectivity index (χ2n) is 5.50. The predicted molar refractivity (Wildman–Crippen MR) is 83.3 cm³/mol. The van der Waals surface area contributed by atoms with Crippen molar-refractivity contribution in [1.82, 2.24) is 0 Å². The van der Waals surface area contributed by atoms with Crippen LogP contribution in [0.25, 0.3) is 0 Å². The minimum Gasteiger partial charge on any atom is -0.379 e. The van der Waals surface area contributed by atoms with Crippen molar-refractivity contribution >= 4 is 23.5 Å². The number of rotatable bonds is 10. The first-order valence-corrected chi connectivity index (χ1v) is 11.8. The van der Waals surface area contributed by atoms with Crippen LogP contribution in [0.3, 0.4) is 0 Å². The van der Waals surface area contributed by atoms with Crippen LogP contribution in [0.5, 0.6) is 0 Å². The SMILES string of the molecule is CCC(C)C1CC(OC)C(COP(=O)(O)OP(=O)(O)OP(=O)(O)O)O1. The molecule has 6 atom stereocenters. The summed E-state index contributed by atoms with van der Waals surface area (Å²) in [7, 11) is -14.7. The average Bonchev–Trinajstić information content (AvgIpc) is 2.83. The van der Waals surface area contributed by atoms with E-state index in [0.29, 0.717) is 6.42 Å². The number of methoxy groups -OCH3 is 1. The molecular weight excluding hydrogens is 405 g/mol. The van der Waals surface area contributed by atoms with Gasteiger partial charge in [-0.05, 0) is 5.92 Å². The third-order valence-corrected chi connectivity index (χ3v) is 7.43. The molecule has 0 radical (unpaired) electrons. The lowest BCUT2D eigenvalue weighted by atomic mass is 9.98. The zero-order valence-electron chi connectivity index (χ0n) is 13.8. The smallest absolute Gasteiger partial charge is 0.379 e. The van der Waals surface area contributed by atoms with Gasteiger partial charge in [-0.2, -0.15) is 8.62 Å².